The van der Waals surface area contributed by atoms with Crippen molar-refractivity contribution < 1.29 is 0 Å². The topological polar surface area (TPSA) is 0 Å². The SMILES string of the molecule is C/C=C/[C@H]1CC[C@H](C/C=C\C[C@H]2CC[C@H](CCCCC)CC2)CC1. The Morgan fingerprint density at radius 2 is 1.25 bits per heavy atom. The first kappa shape index (κ1) is 19.8. The molecule has 0 N–H and O–H groups in total. The second-order valence-electron chi connectivity index (χ2n) is 8.63. The average Bonchev–Trinajstić information content (AvgIpc) is 2.62. The molecule has 0 atom stereocenters. The zero-order valence-electron chi connectivity index (χ0n) is 16.5. The maximum absolute atomic E-state index is 2.53. The van der Waals surface area contributed by atoms with Crippen molar-refractivity contribution in [1.29, 1.82) is 0 Å². The van der Waals surface area contributed by atoms with Gasteiger partial charge in [0, 0.05) is 0 Å². The van der Waals surface area contributed by atoms with Crippen LogP contribution in [0, 0.1) is 23.7 Å². The van der Waals surface area contributed by atoms with Gasteiger partial charge < -0.3 is 0 Å². The second-order valence-corrected chi connectivity index (χ2v) is 8.63. The summed E-state index contributed by atoms with van der Waals surface area (Å²) in [4.78, 5) is 0. The highest BCUT2D eigenvalue weighted by Crippen LogP contribution is 2.34. The van der Waals surface area contributed by atoms with Gasteiger partial charge in [-0.25, -0.2) is 0 Å². The Hall–Kier alpha value is -0.520. The molecule has 2 aliphatic rings. The van der Waals surface area contributed by atoms with Crippen molar-refractivity contribution in [2.75, 3.05) is 0 Å². The second kappa shape index (κ2) is 11.9. The monoisotopic (exact) mass is 330 g/mol. The molecule has 0 saturated heterocycles. The summed E-state index contributed by atoms with van der Waals surface area (Å²) in [6.07, 6.45) is 30.0. The fraction of sp³-hybridized carbons (Fsp3) is 0.833. The summed E-state index contributed by atoms with van der Waals surface area (Å²) in [6, 6.07) is 0. The van der Waals surface area contributed by atoms with Crippen LogP contribution >= 0.6 is 0 Å². The van der Waals surface area contributed by atoms with Crippen LogP contribution in [0.3, 0.4) is 0 Å². The third-order valence-electron chi connectivity index (χ3n) is 6.64. The van der Waals surface area contributed by atoms with Gasteiger partial charge in [-0.05, 0) is 82.0 Å². The molecule has 0 aromatic carbocycles. The van der Waals surface area contributed by atoms with E-state index in [9.17, 15) is 0 Å². The first-order valence-electron chi connectivity index (χ1n) is 11.1. The third-order valence-corrected chi connectivity index (χ3v) is 6.64. The lowest BCUT2D eigenvalue weighted by Gasteiger charge is -2.28. The molecule has 0 bridgehead atoms. The Morgan fingerprint density at radius 1 is 0.708 bits per heavy atom. The number of allylic oxidation sites excluding steroid dienone is 4. The molecule has 24 heavy (non-hydrogen) atoms. The van der Waals surface area contributed by atoms with E-state index in [1.54, 1.807) is 0 Å². The number of hydrogen-bond acceptors (Lipinski definition) is 0. The molecule has 0 aliphatic heterocycles. The van der Waals surface area contributed by atoms with E-state index in [-0.39, 0.29) is 0 Å². The van der Waals surface area contributed by atoms with Crippen LogP contribution < -0.4 is 0 Å². The molecule has 0 heteroatoms. The van der Waals surface area contributed by atoms with Gasteiger partial charge in [-0.3, -0.25) is 0 Å². The molecule has 2 saturated carbocycles. The number of unbranched alkanes of at least 4 members (excludes halogenated alkanes) is 2. The molecule has 2 aliphatic carbocycles. The smallest absolute Gasteiger partial charge is 0.0233 e. The van der Waals surface area contributed by atoms with E-state index in [4.69, 9.17) is 0 Å². The van der Waals surface area contributed by atoms with Crippen LogP contribution in [0.2, 0.25) is 0 Å². The Morgan fingerprint density at radius 3 is 1.79 bits per heavy atom. The van der Waals surface area contributed by atoms with Crippen LogP contribution in [0.4, 0.5) is 0 Å². The van der Waals surface area contributed by atoms with Crippen LogP contribution in [0.1, 0.15) is 104 Å². The van der Waals surface area contributed by atoms with Crippen molar-refractivity contribution in [3.63, 3.8) is 0 Å². The Bertz CT molecular complexity index is 348. The van der Waals surface area contributed by atoms with E-state index in [1.165, 1.54) is 89.9 Å². The summed E-state index contributed by atoms with van der Waals surface area (Å²) in [6.45, 7) is 4.48. The summed E-state index contributed by atoms with van der Waals surface area (Å²) in [5.41, 5.74) is 0. The summed E-state index contributed by atoms with van der Waals surface area (Å²) in [7, 11) is 0. The van der Waals surface area contributed by atoms with E-state index < -0.39 is 0 Å². The quantitative estimate of drug-likeness (QED) is 0.296. The summed E-state index contributed by atoms with van der Waals surface area (Å²) in [5, 5.41) is 0. The molecule has 0 unspecified atom stereocenters. The summed E-state index contributed by atoms with van der Waals surface area (Å²) < 4.78 is 0. The Balaban J connectivity index is 1.52. The van der Waals surface area contributed by atoms with Crippen molar-refractivity contribution in [3.05, 3.63) is 24.3 Å². The van der Waals surface area contributed by atoms with E-state index in [1.807, 2.05) is 0 Å². The molecule has 2 rings (SSSR count). The molecule has 0 aromatic rings. The van der Waals surface area contributed by atoms with Gasteiger partial charge in [0.05, 0.1) is 0 Å². The minimum Gasteiger partial charge on any atom is -0.0914 e. The molecule has 0 amide bonds. The lowest BCUT2D eigenvalue weighted by molar-refractivity contribution is 0.259. The van der Waals surface area contributed by atoms with Crippen LogP contribution in [-0.2, 0) is 0 Å². The maximum Gasteiger partial charge on any atom is -0.0233 e. The van der Waals surface area contributed by atoms with Crippen LogP contribution in [0.15, 0.2) is 24.3 Å². The zero-order valence-corrected chi connectivity index (χ0v) is 16.5. The van der Waals surface area contributed by atoms with Gasteiger partial charge in [-0.1, -0.05) is 69.8 Å². The van der Waals surface area contributed by atoms with Gasteiger partial charge in [0.1, 0.15) is 0 Å². The van der Waals surface area contributed by atoms with Crippen LogP contribution in [0.5, 0.6) is 0 Å². The summed E-state index contributed by atoms with van der Waals surface area (Å²) in [5.74, 6) is 3.90. The van der Waals surface area contributed by atoms with Crippen molar-refractivity contribution >= 4 is 0 Å². The van der Waals surface area contributed by atoms with Crippen molar-refractivity contribution in [1.82, 2.24) is 0 Å². The maximum atomic E-state index is 2.53. The van der Waals surface area contributed by atoms with E-state index in [0.717, 1.165) is 23.7 Å². The normalized spacial score (nSPS) is 31.9. The van der Waals surface area contributed by atoms with E-state index in [0.29, 0.717) is 0 Å². The Kier molecular flexibility index (Phi) is 9.85. The number of rotatable bonds is 9. The van der Waals surface area contributed by atoms with Crippen LogP contribution in [-0.4, -0.2) is 0 Å². The first-order chi connectivity index (χ1) is 11.8. The zero-order chi connectivity index (χ0) is 17.0. The third kappa shape index (κ3) is 7.58. The summed E-state index contributed by atoms with van der Waals surface area (Å²) >= 11 is 0. The minimum absolute atomic E-state index is 0.878. The minimum atomic E-state index is 0.878. The molecule has 0 heterocycles. The molecular formula is C24H42. The predicted molar refractivity (Wildman–Crippen MR) is 108 cm³/mol. The highest BCUT2D eigenvalue weighted by atomic mass is 14.3. The largest absolute Gasteiger partial charge is 0.0914 e. The van der Waals surface area contributed by atoms with Gasteiger partial charge in [-0.2, -0.15) is 0 Å². The van der Waals surface area contributed by atoms with Gasteiger partial charge >= 0.3 is 0 Å². The van der Waals surface area contributed by atoms with Crippen molar-refractivity contribution in [2.24, 2.45) is 23.7 Å². The highest BCUT2D eigenvalue weighted by molar-refractivity contribution is 4.92. The lowest BCUT2D eigenvalue weighted by Crippen LogP contribution is -2.14. The molecule has 0 spiro atoms. The fourth-order valence-corrected chi connectivity index (χ4v) is 4.90. The molecule has 138 valence electrons. The van der Waals surface area contributed by atoms with Gasteiger partial charge in [0.2, 0.25) is 0 Å². The fourth-order valence-electron chi connectivity index (χ4n) is 4.90. The number of hydrogen-bond donors (Lipinski definition) is 0. The lowest BCUT2D eigenvalue weighted by atomic mass is 9.78. The van der Waals surface area contributed by atoms with Gasteiger partial charge in [0.15, 0.2) is 0 Å². The average molecular weight is 331 g/mol. The van der Waals surface area contributed by atoms with Gasteiger partial charge in [-0.15, -0.1) is 0 Å². The molecular weight excluding hydrogens is 288 g/mol. The standard InChI is InChI=1S/C24H42/c1-3-5-6-10-22-17-19-24(20-18-22)12-8-7-11-23-15-13-21(9-4-2)14-16-23/h4,7-9,21-24H,3,5-6,10-20H2,1-2H3/b8-7-,9-4+/t21-,22-,23-,24-. The van der Waals surface area contributed by atoms with Crippen molar-refractivity contribution in [3.8, 4) is 0 Å². The van der Waals surface area contributed by atoms with Gasteiger partial charge in [0.25, 0.3) is 0 Å². The first-order valence-corrected chi connectivity index (χ1v) is 11.1. The highest BCUT2D eigenvalue weighted by Gasteiger charge is 2.20. The van der Waals surface area contributed by atoms with Crippen LogP contribution in [0.25, 0.3) is 0 Å². The molecule has 0 aromatic heterocycles. The van der Waals surface area contributed by atoms with E-state index >= 15 is 0 Å². The molecule has 0 nitrogen and oxygen atoms in total. The predicted octanol–water partition coefficient (Wildman–Crippen LogP) is 8.09. The molecule has 0 radical (unpaired) electrons. The molecule has 2 fully saturated rings. The van der Waals surface area contributed by atoms with Crippen molar-refractivity contribution in [2.45, 2.75) is 104 Å². The van der Waals surface area contributed by atoms with E-state index in [2.05, 4.69) is 38.2 Å². The Labute approximate surface area is 152 Å².